The van der Waals surface area contributed by atoms with Gasteiger partial charge in [-0.25, -0.2) is 12.7 Å². The zero-order valence-corrected chi connectivity index (χ0v) is 12.0. The van der Waals surface area contributed by atoms with Crippen LogP contribution in [0.15, 0.2) is 22.8 Å². The summed E-state index contributed by atoms with van der Waals surface area (Å²) in [6.07, 6.45) is 4.44. The first-order chi connectivity index (χ1) is 8.93. The quantitative estimate of drug-likeness (QED) is 0.773. The van der Waals surface area contributed by atoms with E-state index in [2.05, 4.69) is 0 Å². The predicted molar refractivity (Wildman–Crippen MR) is 71.3 cm³/mol. The monoisotopic (exact) mass is 285 g/mol. The third-order valence-corrected chi connectivity index (χ3v) is 4.87. The number of nitrogens with zero attached hydrogens (tertiary/aromatic N) is 1. The highest BCUT2D eigenvalue weighted by Crippen LogP contribution is 2.31. The number of hydrogen-bond donors (Lipinski definition) is 0. The topological polar surface area (TPSA) is 67.6 Å². The number of carbonyl (C=O) groups is 1. The van der Waals surface area contributed by atoms with Crippen LogP contribution in [-0.2, 0) is 10.0 Å². The Bertz CT molecular complexity index is 535. The molecular weight excluding hydrogens is 266 g/mol. The van der Waals surface area contributed by atoms with Crippen LogP contribution in [0.25, 0.3) is 0 Å². The van der Waals surface area contributed by atoms with Crippen LogP contribution in [0, 0.1) is 11.8 Å². The van der Waals surface area contributed by atoms with Gasteiger partial charge in [0.05, 0.1) is 12.5 Å². The summed E-state index contributed by atoms with van der Waals surface area (Å²) in [5, 5.41) is 0. The second-order valence-electron chi connectivity index (χ2n) is 5.08. The molecule has 0 aliphatic carbocycles. The molecule has 0 amide bonds. The number of Topliss-reactive ketones (excluding diaryl/α,β-unsaturated/α-hetero) is 1. The summed E-state index contributed by atoms with van der Waals surface area (Å²) in [6, 6.07) is 3.31. The minimum atomic E-state index is -3.24. The highest BCUT2D eigenvalue weighted by molar-refractivity contribution is 7.88. The Morgan fingerprint density at radius 3 is 2.74 bits per heavy atom. The normalized spacial score (nSPS) is 24.7. The van der Waals surface area contributed by atoms with Crippen molar-refractivity contribution in [3.05, 3.63) is 24.2 Å². The molecule has 2 atom stereocenters. The summed E-state index contributed by atoms with van der Waals surface area (Å²) in [7, 11) is -3.24. The van der Waals surface area contributed by atoms with Gasteiger partial charge >= 0.3 is 0 Å². The summed E-state index contributed by atoms with van der Waals surface area (Å²) >= 11 is 0. The van der Waals surface area contributed by atoms with Crippen molar-refractivity contribution in [2.75, 3.05) is 19.3 Å². The van der Waals surface area contributed by atoms with Gasteiger partial charge in [0.1, 0.15) is 0 Å². The Morgan fingerprint density at radius 2 is 2.21 bits per heavy atom. The number of hydrogen-bond acceptors (Lipinski definition) is 4. The van der Waals surface area contributed by atoms with E-state index in [1.54, 1.807) is 12.1 Å². The standard InChI is InChI=1S/C13H19NO4S/c1-3-5-10-8-14(19(2,16)17)9-11(10)13(15)12-6-4-7-18-12/h4,6-7,10-11H,3,5,8-9H2,1-2H3/t10-,11?/m0/s1. The summed E-state index contributed by atoms with van der Waals surface area (Å²) in [4.78, 5) is 12.4. The first kappa shape index (κ1) is 14.3. The lowest BCUT2D eigenvalue weighted by atomic mass is 9.88. The lowest BCUT2D eigenvalue weighted by Gasteiger charge is -2.14. The Balaban J connectivity index is 2.20. The van der Waals surface area contributed by atoms with Crippen molar-refractivity contribution in [1.29, 1.82) is 0 Å². The largest absolute Gasteiger partial charge is 0.461 e. The first-order valence-electron chi connectivity index (χ1n) is 6.46. The van der Waals surface area contributed by atoms with Gasteiger partial charge in [0.2, 0.25) is 15.8 Å². The molecule has 5 nitrogen and oxygen atoms in total. The van der Waals surface area contributed by atoms with Crippen LogP contribution in [0.2, 0.25) is 0 Å². The van der Waals surface area contributed by atoms with Crippen molar-refractivity contribution in [2.45, 2.75) is 19.8 Å². The van der Waals surface area contributed by atoms with Gasteiger partial charge in [-0.2, -0.15) is 0 Å². The fraction of sp³-hybridized carbons (Fsp3) is 0.615. The number of furan rings is 1. The van der Waals surface area contributed by atoms with Crippen molar-refractivity contribution in [3.63, 3.8) is 0 Å². The Hall–Kier alpha value is -1.14. The van der Waals surface area contributed by atoms with Crippen LogP contribution in [0.3, 0.4) is 0 Å². The zero-order chi connectivity index (χ0) is 14.0. The van der Waals surface area contributed by atoms with E-state index in [-0.39, 0.29) is 24.2 Å². The van der Waals surface area contributed by atoms with Crippen LogP contribution in [0.1, 0.15) is 30.3 Å². The molecule has 6 heteroatoms. The van der Waals surface area contributed by atoms with E-state index in [4.69, 9.17) is 4.42 Å². The van der Waals surface area contributed by atoms with E-state index in [1.165, 1.54) is 16.8 Å². The Morgan fingerprint density at radius 1 is 1.47 bits per heavy atom. The predicted octanol–water partition coefficient (Wildman–Crippen LogP) is 1.77. The fourth-order valence-corrected chi connectivity index (χ4v) is 3.56. The van der Waals surface area contributed by atoms with Gasteiger partial charge in [-0.1, -0.05) is 13.3 Å². The van der Waals surface area contributed by atoms with Crippen LogP contribution >= 0.6 is 0 Å². The third kappa shape index (κ3) is 3.06. The number of ketones is 1. The van der Waals surface area contributed by atoms with Crippen molar-refractivity contribution in [3.8, 4) is 0 Å². The number of rotatable bonds is 5. The minimum Gasteiger partial charge on any atom is -0.461 e. The molecule has 0 saturated carbocycles. The Kier molecular flexibility index (Phi) is 4.10. The van der Waals surface area contributed by atoms with Gasteiger partial charge < -0.3 is 4.42 Å². The van der Waals surface area contributed by atoms with Crippen molar-refractivity contribution in [2.24, 2.45) is 11.8 Å². The summed E-state index contributed by atoms with van der Waals surface area (Å²) in [6.45, 7) is 2.74. The molecule has 1 fully saturated rings. The fourth-order valence-electron chi connectivity index (χ4n) is 2.66. The molecule has 1 saturated heterocycles. The van der Waals surface area contributed by atoms with E-state index in [9.17, 15) is 13.2 Å². The molecule has 1 aliphatic heterocycles. The molecule has 0 N–H and O–H groups in total. The number of sulfonamides is 1. The second kappa shape index (κ2) is 5.46. The smallest absolute Gasteiger partial charge is 0.211 e. The maximum Gasteiger partial charge on any atom is 0.211 e. The van der Waals surface area contributed by atoms with E-state index < -0.39 is 10.0 Å². The SMILES string of the molecule is CCC[C@H]1CN(S(C)(=O)=O)CC1C(=O)c1ccco1. The van der Waals surface area contributed by atoms with Gasteiger partial charge in [0, 0.05) is 19.0 Å². The van der Waals surface area contributed by atoms with Crippen LogP contribution in [-0.4, -0.2) is 37.9 Å². The summed E-state index contributed by atoms with van der Waals surface area (Å²) in [5.41, 5.74) is 0. The van der Waals surface area contributed by atoms with Gasteiger partial charge in [-0.15, -0.1) is 0 Å². The lowest BCUT2D eigenvalue weighted by Crippen LogP contribution is -2.28. The second-order valence-corrected chi connectivity index (χ2v) is 7.06. The zero-order valence-electron chi connectivity index (χ0n) is 11.2. The highest BCUT2D eigenvalue weighted by Gasteiger charge is 2.41. The molecule has 19 heavy (non-hydrogen) atoms. The average molecular weight is 285 g/mol. The van der Waals surface area contributed by atoms with E-state index in [0.29, 0.717) is 12.3 Å². The van der Waals surface area contributed by atoms with Crippen LogP contribution in [0.5, 0.6) is 0 Å². The van der Waals surface area contributed by atoms with E-state index >= 15 is 0 Å². The van der Waals surface area contributed by atoms with Gasteiger partial charge in [0.15, 0.2) is 5.76 Å². The summed E-state index contributed by atoms with van der Waals surface area (Å²) < 4.78 is 29.8. The maximum atomic E-state index is 12.4. The molecule has 2 heterocycles. The van der Waals surface area contributed by atoms with Crippen molar-refractivity contribution < 1.29 is 17.6 Å². The molecule has 0 bridgehead atoms. The van der Waals surface area contributed by atoms with Crippen LogP contribution in [0.4, 0.5) is 0 Å². The van der Waals surface area contributed by atoms with Gasteiger partial charge in [-0.05, 0) is 24.5 Å². The van der Waals surface area contributed by atoms with Gasteiger partial charge in [0.25, 0.3) is 0 Å². The van der Waals surface area contributed by atoms with Crippen molar-refractivity contribution >= 4 is 15.8 Å². The third-order valence-electron chi connectivity index (χ3n) is 3.64. The molecule has 1 aromatic heterocycles. The van der Waals surface area contributed by atoms with E-state index in [0.717, 1.165) is 12.8 Å². The molecule has 0 aromatic carbocycles. The molecule has 1 aliphatic rings. The molecule has 106 valence electrons. The highest BCUT2D eigenvalue weighted by atomic mass is 32.2. The molecular formula is C13H19NO4S. The van der Waals surface area contributed by atoms with E-state index in [1.807, 2.05) is 6.92 Å². The molecule has 1 aromatic rings. The molecule has 0 radical (unpaired) electrons. The minimum absolute atomic E-state index is 0.0809. The molecule has 2 rings (SSSR count). The van der Waals surface area contributed by atoms with Crippen molar-refractivity contribution in [1.82, 2.24) is 4.31 Å². The number of carbonyl (C=O) groups excluding carboxylic acids is 1. The Labute approximate surface area is 113 Å². The summed E-state index contributed by atoms with van der Waals surface area (Å²) in [5.74, 6) is 0.0224. The lowest BCUT2D eigenvalue weighted by molar-refractivity contribution is 0.0869. The maximum absolute atomic E-state index is 12.4. The molecule has 1 unspecified atom stereocenters. The first-order valence-corrected chi connectivity index (χ1v) is 8.31. The molecule has 0 spiro atoms. The average Bonchev–Trinajstić information content (AvgIpc) is 2.96. The van der Waals surface area contributed by atoms with Crippen LogP contribution < -0.4 is 0 Å². The van der Waals surface area contributed by atoms with Gasteiger partial charge in [-0.3, -0.25) is 4.79 Å².